The summed E-state index contributed by atoms with van der Waals surface area (Å²) in [5, 5.41) is 7.52. The van der Waals surface area contributed by atoms with Gasteiger partial charge in [-0.05, 0) is 30.7 Å². The van der Waals surface area contributed by atoms with Gasteiger partial charge in [-0.3, -0.25) is 4.79 Å². The summed E-state index contributed by atoms with van der Waals surface area (Å²) in [7, 11) is 0. The summed E-state index contributed by atoms with van der Waals surface area (Å²) in [6, 6.07) is 14.2. The highest BCUT2D eigenvalue weighted by Gasteiger charge is 2.14. The van der Waals surface area contributed by atoms with Crippen molar-refractivity contribution in [2.24, 2.45) is 0 Å². The molecule has 2 heterocycles. The van der Waals surface area contributed by atoms with Crippen molar-refractivity contribution in [1.29, 1.82) is 0 Å². The molecule has 0 aliphatic carbocycles. The predicted molar refractivity (Wildman–Crippen MR) is 107 cm³/mol. The molecule has 0 saturated carbocycles. The van der Waals surface area contributed by atoms with Crippen molar-refractivity contribution in [2.75, 3.05) is 12.3 Å². The SMILES string of the molecule is CCCNC(=O)CCSCc1cnn(-c2ccccc2)c1-n1cccc1. The van der Waals surface area contributed by atoms with Gasteiger partial charge in [0.1, 0.15) is 5.82 Å². The number of carbonyl (C=O) groups excluding carboxylic acids is 1. The first kappa shape index (κ1) is 18.3. The highest BCUT2D eigenvalue weighted by molar-refractivity contribution is 7.98. The number of thioether (sulfide) groups is 1. The van der Waals surface area contributed by atoms with Crippen LogP contribution in [0.25, 0.3) is 11.5 Å². The van der Waals surface area contributed by atoms with E-state index in [-0.39, 0.29) is 5.91 Å². The van der Waals surface area contributed by atoms with E-state index in [0.717, 1.165) is 41.5 Å². The van der Waals surface area contributed by atoms with E-state index >= 15 is 0 Å². The van der Waals surface area contributed by atoms with Crippen molar-refractivity contribution < 1.29 is 4.79 Å². The zero-order valence-electron chi connectivity index (χ0n) is 15.0. The fraction of sp³-hybridized carbons (Fsp3) is 0.300. The first-order chi connectivity index (χ1) is 12.8. The second-order valence-corrected chi connectivity index (χ2v) is 7.09. The monoisotopic (exact) mass is 368 g/mol. The van der Waals surface area contributed by atoms with Gasteiger partial charge in [0.25, 0.3) is 0 Å². The van der Waals surface area contributed by atoms with Gasteiger partial charge in [-0.15, -0.1) is 0 Å². The molecule has 2 aromatic heterocycles. The Bertz CT molecular complexity index is 812. The molecule has 0 radical (unpaired) electrons. The van der Waals surface area contributed by atoms with Crippen molar-refractivity contribution in [2.45, 2.75) is 25.5 Å². The minimum atomic E-state index is 0.130. The van der Waals surface area contributed by atoms with Crippen LogP contribution in [0, 0.1) is 0 Å². The molecule has 0 atom stereocenters. The lowest BCUT2D eigenvalue weighted by Gasteiger charge is -2.11. The average Bonchev–Trinajstić information content (AvgIpc) is 3.33. The maximum atomic E-state index is 11.7. The molecule has 0 spiro atoms. The Labute approximate surface area is 158 Å². The van der Waals surface area contributed by atoms with Gasteiger partial charge in [-0.1, -0.05) is 25.1 Å². The molecule has 136 valence electrons. The number of hydrogen-bond donors (Lipinski definition) is 1. The number of aromatic nitrogens is 3. The lowest BCUT2D eigenvalue weighted by Crippen LogP contribution is -2.24. The van der Waals surface area contributed by atoms with Crippen LogP contribution in [0.4, 0.5) is 0 Å². The molecule has 0 saturated heterocycles. The van der Waals surface area contributed by atoms with Crippen LogP contribution in [0.15, 0.2) is 61.1 Å². The highest BCUT2D eigenvalue weighted by Crippen LogP contribution is 2.23. The Morgan fingerprint density at radius 1 is 1.15 bits per heavy atom. The zero-order valence-corrected chi connectivity index (χ0v) is 15.8. The van der Waals surface area contributed by atoms with Crippen LogP contribution in [0.2, 0.25) is 0 Å². The van der Waals surface area contributed by atoms with E-state index in [1.165, 1.54) is 0 Å². The normalized spacial score (nSPS) is 10.8. The largest absolute Gasteiger partial charge is 0.356 e. The lowest BCUT2D eigenvalue weighted by atomic mass is 10.3. The predicted octanol–water partition coefficient (Wildman–Crippen LogP) is 3.81. The summed E-state index contributed by atoms with van der Waals surface area (Å²) >= 11 is 1.76. The first-order valence-electron chi connectivity index (χ1n) is 8.89. The summed E-state index contributed by atoms with van der Waals surface area (Å²) in [6.07, 6.45) is 7.51. The van der Waals surface area contributed by atoms with E-state index in [2.05, 4.69) is 34.0 Å². The molecule has 1 amide bonds. The minimum absolute atomic E-state index is 0.130. The molecule has 3 rings (SSSR count). The Morgan fingerprint density at radius 2 is 1.92 bits per heavy atom. The maximum absolute atomic E-state index is 11.7. The van der Waals surface area contributed by atoms with Crippen LogP contribution in [-0.2, 0) is 10.5 Å². The number of benzene rings is 1. The molecule has 6 heteroatoms. The molecule has 0 unspecified atom stereocenters. The van der Waals surface area contributed by atoms with Gasteiger partial charge in [0.15, 0.2) is 0 Å². The molecule has 0 fully saturated rings. The van der Waals surface area contributed by atoms with Crippen molar-refractivity contribution >= 4 is 17.7 Å². The Hall–Kier alpha value is -2.47. The molecule has 3 aromatic rings. The van der Waals surface area contributed by atoms with Gasteiger partial charge < -0.3 is 9.88 Å². The van der Waals surface area contributed by atoms with E-state index in [0.29, 0.717) is 6.42 Å². The Morgan fingerprint density at radius 3 is 2.65 bits per heavy atom. The van der Waals surface area contributed by atoms with Gasteiger partial charge in [0, 0.05) is 42.4 Å². The fourth-order valence-corrected chi connectivity index (χ4v) is 3.58. The molecule has 1 N–H and O–H groups in total. The average molecular weight is 369 g/mol. The molecule has 0 aliphatic rings. The van der Waals surface area contributed by atoms with E-state index in [1.54, 1.807) is 11.8 Å². The summed E-state index contributed by atoms with van der Waals surface area (Å²) in [5.74, 6) is 2.80. The smallest absolute Gasteiger partial charge is 0.220 e. The van der Waals surface area contributed by atoms with Crippen LogP contribution >= 0.6 is 11.8 Å². The van der Waals surface area contributed by atoms with E-state index in [4.69, 9.17) is 0 Å². The number of amides is 1. The Balaban J connectivity index is 1.70. The van der Waals surface area contributed by atoms with Crippen LogP contribution in [0.5, 0.6) is 0 Å². The van der Waals surface area contributed by atoms with Crippen LogP contribution in [0.1, 0.15) is 25.3 Å². The van der Waals surface area contributed by atoms with Crippen LogP contribution in [-0.4, -0.2) is 32.6 Å². The summed E-state index contributed by atoms with van der Waals surface area (Å²) in [4.78, 5) is 11.7. The maximum Gasteiger partial charge on any atom is 0.220 e. The third-order valence-corrected chi connectivity index (χ3v) is 4.98. The minimum Gasteiger partial charge on any atom is -0.356 e. The lowest BCUT2D eigenvalue weighted by molar-refractivity contribution is -0.120. The van der Waals surface area contributed by atoms with Crippen molar-refractivity contribution in [3.63, 3.8) is 0 Å². The number of para-hydroxylation sites is 1. The number of nitrogens with one attached hydrogen (secondary N) is 1. The molecule has 1 aromatic carbocycles. The van der Waals surface area contributed by atoms with Gasteiger partial charge in [0.2, 0.25) is 5.91 Å². The van der Waals surface area contributed by atoms with Crippen molar-refractivity contribution in [3.05, 3.63) is 66.6 Å². The second-order valence-electron chi connectivity index (χ2n) is 5.98. The van der Waals surface area contributed by atoms with Crippen LogP contribution in [0.3, 0.4) is 0 Å². The summed E-state index contributed by atoms with van der Waals surface area (Å²) in [5.41, 5.74) is 2.19. The van der Waals surface area contributed by atoms with Crippen molar-refractivity contribution in [3.8, 4) is 11.5 Å². The third-order valence-electron chi connectivity index (χ3n) is 3.97. The quantitative estimate of drug-likeness (QED) is 0.584. The van der Waals surface area contributed by atoms with Gasteiger partial charge in [0.05, 0.1) is 11.9 Å². The number of rotatable bonds is 9. The van der Waals surface area contributed by atoms with Crippen molar-refractivity contribution in [1.82, 2.24) is 19.7 Å². The topological polar surface area (TPSA) is 51.9 Å². The van der Waals surface area contributed by atoms with E-state index < -0.39 is 0 Å². The second kappa shape index (κ2) is 9.29. The van der Waals surface area contributed by atoms with Crippen LogP contribution < -0.4 is 5.32 Å². The van der Waals surface area contributed by atoms with Gasteiger partial charge in [-0.2, -0.15) is 16.9 Å². The fourth-order valence-electron chi connectivity index (χ4n) is 2.69. The van der Waals surface area contributed by atoms with E-state index in [9.17, 15) is 4.79 Å². The molecule has 0 bridgehead atoms. The van der Waals surface area contributed by atoms with Gasteiger partial charge >= 0.3 is 0 Å². The standard InChI is InChI=1S/C20H24N4OS/c1-2-11-21-19(25)10-14-26-16-17-15-22-24(18-8-4-3-5-9-18)20(17)23-12-6-7-13-23/h3-9,12-13,15H,2,10-11,14,16H2,1H3,(H,21,25). The molecular weight excluding hydrogens is 344 g/mol. The third kappa shape index (κ3) is 4.58. The zero-order chi connectivity index (χ0) is 18.2. The Kier molecular flexibility index (Phi) is 6.55. The van der Waals surface area contributed by atoms with E-state index in [1.807, 2.05) is 53.6 Å². The highest BCUT2D eigenvalue weighted by atomic mass is 32.2. The molecule has 26 heavy (non-hydrogen) atoms. The number of nitrogens with zero attached hydrogens (tertiary/aromatic N) is 3. The van der Waals surface area contributed by atoms with Gasteiger partial charge in [-0.25, -0.2) is 4.68 Å². The first-order valence-corrected chi connectivity index (χ1v) is 10.0. The molecular formula is C20H24N4OS. The molecule has 0 aliphatic heterocycles. The number of hydrogen-bond acceptors (Lipinski definition) is 3. The summed E-state index contributed by atoms with van der Waals surface area (Å²) < 4.78 is 4.05. The summed E-state index contributed by atoms with van der Waals surface area (Å²) in [6.45, 7) is 2.81. The number of carbonyl (C=O) groups is 1. The molecule has 5 nitrogen and oxygen atoms in total.